The molecule has 4 atom stereocenters. The number of nitrogens with one attached hydrogen (secondary N) is 1. The fraction of sp³-hybridized carbons (Fsp3) is 0.471. The predicted octanol–water partition coefficient (Wildman–Crippen LogP) is 6.19. The van der Waals surface area contributed by atoms with E-state index in [0.29, 0.717) is 59.4 Å². The number of hydrogen-bond donors (Lipinski definition) is 1. The molecule has 4 aliphatic rings. The summed E-state index contributed by atoms with van der Waals surface area (Å²) >= 11 is 0. The quantitative estimate of drug-likeness (QED) is 0.291. The Morgan fingerprint density at radius 2 is 1.84 bits per heavy atom. The Hall–Kier alpha value is -3.43. The Morgan fingerprint density at radius 1 is 1.00 bits per heavy atom. The molecule has 0 saturated carbocycles. The first-order valence-electron chi connectivity index (χ1n) is 15.7. The summed E-state index contributed by atoms with van der Waals surface area (Å²) in [5.74, 6) is -0.106. The molecular weight excluding hydrogens is 551 g/mol. The van der Waals surface area contributed by atoms with Gasteiger partial charge in [-0.2, -0.15) is 9.97 Å². The van der Waals surface area contributed by atoms with Gasteiger partial charge in [-0.15, -0.1) is 0 Å². The van der Waals surface area contributed by atoms with E-state index in [1.807, 2.05) is 31.2 Å². The third kappa shape index (κ3) is 4.46. The first-order valence-corrected chi connectivity index (χ1v) is 15.7. The van der Waals surface area contributed by atoms with E-state index in [1.165, 1.54) is 6.07 Å². The molecule has 1 aromatic heterocycles. The van der Waals surface area contributed by atoms with Crippen molar-refractivity contribution in [1.29, 1.82) is 0 Å². The maximum atomic E-state index is 16.8. The first-order chi connectivity index (χ1) is 20.9. The Morgan fingerprint density at radius 3 is 2.65 bits per heavy atom. The Kier molecular flexibility index (Phi) is 6.53. The summed E-state index contributed by atoms with van der Waals surface area (Å²) in [6.07, 6.45) is 4.14. The number of rotatable bonds is 6. The third-order valence-electron chi connectivity index (χ3n) is 10.3. The van der Waals surface area contributed by atoms with E-state index in [4.69, 9.17) is 9.72 Å². The Labute approximate surface area is 249 Å². The van der Waals surface area contributed by atoms with E-state index in [1.54, 1.807) is 12.1 Å². The van der Waals surface area contributed by atoms with Gasteiger partial charge in [-0.3, -0.25) is 4.90 Å². The highest BCUT2D eigenvalue weighted by atomic mass is 19.1. The maximum absolute atomic E-state index is 16.8. The second-order valence-electron chi connectivity index (χ2n) is 12.8. The van der Waals surface area contributed by atoms with Crippen molar-refractivity contribution in [3.63, 3.8) is 0 Å². The second kappa shape index (κ2) is 10.3. The van der Waals surface area contributed by atoms with Crippen LogP contribution in [0.25, 0.3) is 32.8 Å². The van der Waals surface area contributed by atoms with Gasteiger partial charge in [0.05, 0.1) is 5.54 Å². The number of alkyl halides is 1. The normalized spacial score (nSPS) is 27.0. The van der Waals surface area contributed by atoms with Gasteiger partial charge >= 0.3 is 6.01 Å². The molecule has 43 heavy (non-hydrogen) atoms. The minimum Gasteiger partial charge on any atom is -0.461 e. The van der Waals surface area contributed by atoms with Crippen molar-refractivity contribution in [2.24, 2.45) is 0 Å². The molecule has 0 amide bonds. The molecule has 5 heterocycles. The summed E-state index contributed by atoms with van der Waals surface area (Å²) in [4.78, 5) is 14.0. The first kappa shape index (κ1) is 27.1. The van der Waals surface area contributed by atoms with Crippen molar-refractivity contribution in [2.75, 3.05) is 37.7 Å². The fourth-order valence-electron chi connectivity index (χ4n) is 8.26. The van der Waals surface area contributed by atoms with Crippen molar-refractivity contribution in [3.8, 4) is 17.1 Å². The van der Waals surface area contributed by atoms with Crippen molar-refractivity contribution in [3.05, 3.63) is 59.7 Å². The zero-order chi connectivity index (χ0) is 29.3. The SMILES string of the molecule is CCc1c(F)ccc2cccc(-c3ccc4c(N5C[C@H]6CC[C@@H](C5)N6)nc(OC[C@@]56CCCN5C[C@H](F)C6)nc4c3F)c12. The molecule has 224 valence electrons. The lowest BCUT2D eigenvalue weighted by atomic mass is 9.92. The van der Waals surface area contributed by atoms with E-state index in [-0.39, 0.29) is 29.5 Å². The van der Waals surface area contributed by atoms with Gasteiger partial charge in [0, 0.05) is 49.1 Å². The number of ether oxygens (including phenoxy) is 1. The Balaban J connectivity index is 1.26. The van der Waals surface area contributed by atoms with Gasteiger partial charge < -0.3 is 15.0 Å². The molecule has 6 nitrogen and oxygen atoms in total. The van der Waals surface area contributed by atoms with Crippen LogP contribution in [-0.2, 0) is 6.42 Å². The molecule has 0 aliphatic carbocycles. The number of nitrogens with zero attached hydrogens (tertiary/aromatic N) is 4. The number of anilines is 1. The average Bonchev–Trinajstić information content (AvgIpc) is 3.66. The fourth-order valence-corrected chi connectivity index (χ4v) is 8.26. The van der Waals surface area contributed by atoms with Gasteiger partial charge in [0.15, 0.2) is 5.82 Å². The highest BCUT2D eigenvalue weighted by Gasteiger charge is 2.49. The van der Waals surface area contributed by atoms with Gasteiger partial charge in [0.1, 0.15) is 29.9 Å². The number of fused-ring (bicyclic) bond motifs is 5. The smallest absolute Gasteiger partial charge is 0.319 e. The molecule has 3 aromatic carbocycles. The minimum absolute atomic E-state index is 0.117. The van der Waals surface area contributed by atoms with E-state index >= 15 is 4.39 Å². The van der Waals surface area contributed by atoms with Crippen molar-refractivity contribution in [1.82, 2.24) is 20.2 Å². The molecule has 2 bridgehead atoms. The van der Waals surface area contributed by atoms with Crippen LogP contribution in [0.3, 0.4) is 0 Å². The number of benzene rings is 3. The topological polar surface area (TPSA) is 53.5 Å². The highest BCUT2D eigenvalue weighted by Crippen LogP contribution is 2.42. The van der Waals surface area contributed by atoms with Gasteiger partial charge in [-0.05, 0) is 72.7 Å². The zero-order valence-corrected chi connectivity index (χ0v) is 24.4. The summed E-state index contributed by atoms with van der Waals surface area (Å²) in [6, 6.07) is 13.4. The maximum Gasteiger partial charge on any atom is 0.319 e. The lowest BCUT2D eigenvalue weighted by Crippen LogP contribution is -2.51. The summed E-state index contributed by atoms with van der Waals surface area (Å²) in [7, 11) is 0. The van der Waals surface area contributed by atoms with Crippen molar-refractivity contribution >= 4 is 27.5 Å². The summed E-state index contributed by atoms with van der Waals surface area (Å²) in [5.41, 5.74) is 1.39. The molecule has 1 N–H and O–H groups in total. The minimum atomic E-state index is -0.869. The molecule has 8 rings (SSSR count). The summed E-state index contributed by atoms with van der Waals surface area (Å²) < 4.78 is 52.4. The van der Waals surface area contributed by atoms with Crippen molar-refractivity contribution in [2.45, 2.75) is 69.2 Å². The predicted molar refractivity (Wildman–Crippen MR) is 162 cm³/mol. The molecule has 9 heteroatoms. The molecule has 4 saturated heterocycles. The largest absolute Gasteiger partial charge is 0.461 e. The van der Waals surface area contributed by atoms with Crippen LogP contribution in [0, 0.1) is 11.6 Å². The van der Waals surface area contributed by atoms with Crippen LogP contribution in [0.5, 0.6) is 6.01 Å². The number of hydrogen-bond acceptors (Lipinski definition) is 6. The van der Waals surface area contributed by atoms with Crippen LogP contribution in [0.2, 0.25) is 0 Å². The van der Waals surface area contributed by atoms with Gasteiger partial charge in [-0.1, -0.05) is 37.3 Å². The molecule has 4 fully saturated rings. The summed E-state index contributed by atoms with van der Waals surface area (Å²) in [6.45, 7) is 5.02. The number of aryl methyl sites for hydroxylation is 1. The van der Waals surface area contributed by atoms with E-state index in [9.17, 15) is 8.78 Å². The van der Waals surface area contributed by atoms with Crippen LogP contribution in [0.4, 0.5) is 19.0 Å². The van der Waals surface area contributed by atoms with E-state index < -0.39 is 12.0 Å². The van der Waals surface area contributed by atoms with Gasteiger partial charge in [0.25, 0.3) is 0 Å². The summed E-state index contributed by atoms with van der Waals surface area (Å²) in [5, 5.41) is 5.86. The molecule has 4 aromatic rings. The average molecular weight is 588 g/mol. The lowest BCUT2D eigenvalue weighted by Gasteiger charge is -2.34. The lowest BCUT2D eigenvalue weighted by molar-refractivity contribution is 0.107. The second-order valence-corrected chi connectivity index (χ2v) is 12.8. The molecule has 0 unspecified atom stereocenters. The van der Waals surface area contributed by atoms with Crippen LogP contribution in [-0.4, -0.2) is 71.4 Å². The molecule has 0 radical (unpaired) electrons. The van der Waals surface area contributed by atoms with Crippen molar-refractivity contribution < 1.29 is 17.9 Å². The van der Waals surface area contributed by atoms with E-state index in [0.717, 1.165) is 56.1 Å². The number of piperazine rings is 1. The van der Waals surface area contributed by atoms with Crippen LogP contribution >= 0.6 is 0 Å². The van der Waals surface area contributed by atoms with Crippen LogP contribution in [0.15, 0.2) is 42.5 Å². The number of aromatic nitrogens is 2. The molecule has 4 aliphatic heterocycles. The monoisotopic (exact) mass is 587 g/mol. The van der Waals surface area contributed by atoms with E-state index in [2.05, 4.69) is 20.1 Å². The van der Waals surface area contributed by atoms with Crippen LogP contribution in [0.1, 0.15) is 44.6 Å². The standard InChI is InChI=1S/C34H36F3N5O/c1-2-24-28(36)12-7-20-5-3-6-25(29(20)24)26-10-11-27-31(30(26)37)39-33(40-32(27)41-17-22-8-9-23(18-41)38-22)43-19-34-13-4-14-42(34)16-21(35)15-34/h3,5-7,10-12,21-23,38H,2,4,8-9,13-19H2,1H3/t21-,22-,23+,34+/m1/s1. The number of halogens is 3. The highest BCUT2D eigenvalue weighted by molar-refractivity contribution is 6.02. The third-order valence-corrected chi connectivity index (χ3v) is 10.3. The van der Waals surface area contributed by atoms with Gasteiger partial charge in [-0.25, -0.2) is 13.2 Å². The molecule has 0 spiro atoms. The molecular formula is C34H36F3N5O. The Bertz CT molecular complexity index is 1720. The zero-order valence-electron chi connectivity index (χ0n) is 24.4. The van der Waals surface area contributed by atoms with Gasteiger partial charge in [0.2, 0.25) is 0 Å². The van der Waals surface area contributed by atoms with Crippen LogP contribution < -0.4 is 15.0 Å².